The van der Waals surface area contributed by atoms with Crippen LogP contribution < -0.4 is 5.73 Å². The lowest BCUT2D eigenvalue weighted by Gasteiger charge is -2.16. The van der Waals surface area contributed by atoms with E-state index in [2.05, 4.69) is 4.90 Å². The van der Waals surface area contributed by atoms with Crippen molar-refractivity contribution in [2.45, 2.75) is 13.0 Å². The zero-order valence-corrected chi connectivity index (χ0v) is 9.60. The van der Waals surface area contributed by atoms with Crippen molar-refractivity contribution in [3.05, 3.63) is 34.6 Å². The van der Waals surface area contributed by atoms with Gasteiger partial charge in [0.1, 0.15) is 5.82 Å². The van der Waals surface area contributed by atoms with Gasteiger partial charge in [0.05, 0.1) is 0 Å². The molecule has 4 heteroatoms. The highest BCUT2D eigenvalue weighted by Crippen LogP contribution is 2.15. The molecule has 0 aliphatic rings. The zero-order chi connectivity index (χ0) is 11.3. The normalized spacial score (nSPS) is 11.0. The molecule has 0 spiro atoms. The molecule has 0 aliphatic carbocycles. The highest BCUT2D eigenvalue weighted by atomic mass is 35.5. The Balaban J connectivity index is 2.56. The lowest BCUT2D eigenvalue weighted by Crippen LogP contribution is -2.21. The molecule has 0 radical (unpaired) electrons. The Morgan fingerprint density at radius 3 is 2.73 bits per heavy atom. The molecule has 0 unspecified atom stereocenters. The number of nitrogens with two attached hydrogens (primary N) is 1. The van der Waals surface area contributed by atoms with Crippen LogP contribution in [0.4, 0.5) is 4.39 Å². The van der Waals surface area contributed by atoms with Gasteiger partial charge >= 0.3 is 0 Å². The van der Waals surface area contributed by atoms with Crippen LogP contribution in [0.15, 0.2) is 18.2 Å². The Hall–Kier alpha value is -0.640. The van der Waals surface area contributed by atoms with Crippen LogP contribution >= 0.6 is 11.6 Å². The van der Waals surface area contributed by atoms with Crippen molar-refractivity contribution in [2.75, 3.05) is 20.1 Å². The van der Waals surface area contributed by atoms with Gasteiger partial charge in [0.25, 0.3) is 0 Å². The van der Waals surface area contributed by atoms with Crippen molar-refractivity contribution in [3.8, 4) is 0 Å². The number of hydrogen-bond acceptors (Lipinski definition) is 2. The van der Waals surface area contributed by atoms with Crippen molar-refractivity contribution < 1.29 is 4.39 Å². The Morgan fingerprint density at radius 2 is 2.13 bits per heavy atom. The molecular formula is C11H16ClFN2. The summed E-state index contributed by atoms with van der Waals surface area (Å²) in [6.45, 7) is 2.27. The smallest absolute Gasteiger partial charge is 0.125 e. The van der Waals surface area contributed by atoms with Crippen LogP contribution in [0.3, 0.4) is 0 Å². The minimum absolute atomic E-state index is 0.287. The third kappa shape index (κ3) is 4.60. The highest BCUT2D eigenvalue weighted by molar-refractivity contribution is 6.30. The summed E-state index contributed by atoms with van der Waals surface area (Å²) in [5, 5.41) is 0.442. The standard InChI is InChI=1S/C11H16ClFN2/c1-15(4-2-3-14)8-9-5-10(12)7-11(13)6-9/h5-7H,2-4,8,14H2,1H3. The lowest BCUT2D eigenvalue weighted by atomic mass is 10.2. The van der Waals surface area contributed by atoms with Gasteiger partial charge in [-0.1, -0.05) is 11.6 Å². The summed E-state index contributed by atoms with van der Waals surface area (Å²) < 4.78 is 13.0. The number of benzene rings is 1. The number of halogens is 2. The molecule has 1 aromatic rings. The second kappa shape index (κ2) is 6.05. The SMILES string of the molecule is CN(CCCN)Cc1cc(F)cc(Cl)c1. The van der Waals surface area contributed by atoms with Crippen LogP contribution in [0.25, 0.3) is 0 Å². The molecule has 84 valence electrons. The first kappa shape index (κ1) is 12.4. The van der Waals surface area contributed by atoms with Crippen LogP contribution in [0.2, 0.25) is 5.02 Å². The summed E-state index contributed by atoms with van der Waals surface area (Å²) >= 11 is 5.76. The number of rotatable bonds is 5. The monoisotopic (exact) mass is 230 g/mol. The van der Waals surface area contributed by atoms with E-state index < -0.39 is 0 Å². The number of nitrogens with zero attached hydrogens (tertiary/aromatic N) is 1. The van der Waals surface area contributed by atoms with Crippen LogP contribution in [0, 0.1) is 5.82 Å². The first-order valence-corrected chi connectivity index (χ1v) is 5.33. The van der Waals surface area contributed by atoms with Gasteiger partial charge in [0.2, 0.25) is 0 Å². The molecule has 0 saturated heterocycles. The van der Waals surface area contributed by atoms with Gasteiger partial charge in [-0.2, -0.15) is 0 Å². The predicted molar refractivity (Wildman–Crippen MR) is 61.4 cm³/mol. The minimum atomic E-state index is -0.287. The molecule has 2 nitrogen and oxygen atoms in total. The summed E-state index contributed by atoms with van der Waals surface area (Å²) in [7, 11) is 1.98. The second-order valence-electron chi connectivity index (χ2n) is 3.66. The maximum Gasteiger partial charge on any atom is 0.125 e. The fourth-order valence-electron chi connectivity index (χ4n) is 1.45. The third-order valence-corrected chi connectivity index (χ3v) is 2.34. The van der Waals surface area contributed by atoms with Crippen molar-refractivity contribution in [2.24, 2.45) is 5.73 Å². The van der Waals surface area contributed by atoms with E-state index in [1.165, 1.54) is 12.1 Å². The van der Waals surface area contributed by atoms with E-state index in [4.69, 9.17) is 17.3 Å². The molecule has 0 bridgehead atoms. The van der Waals surface area contributed by atoms with Crippen molar-refractivity contribution in [3.63, 3.8) is 0 Å². The average Bonchev–Trinajstić information content (AvgIpc) is 2.13. The summed E-state index contributed by atoms with van der Waals surface area (Å²) in [5.41, 5.74) is 6.30. The van der Waals surface area contributed by atoms with Crippen molar-refractivity contribution in [1.82, 2.24) is 4.90 Å². The van der Waals surface area contributed by atoms with Gasteiger partial charge < -0.3 is 10.6 Å². The first-order valence-electron chi connectivity index (χ1n) is 4.95. The lowest BCUT2D eigenvalue weighted by molar-refractivity contribution is 0.323. The fraction of sp³-hybridized carbons (Fsp3) is 0.455. The Bertz CT molecular complexity index is 297. The van der Waals surface area contributed by atoms with E-state index >= 15 is 0 Å². The molecule has 0 aliphatic heterocycles. The van der Waals surface area contributed by atoms with E-state index in [1.807, 2.05) is 7.05 Å². The van der Waals surface area contributed by atoms with E-state index in [1.54, 1.807) is 6.07 Å². The number of hydrogen-bond donors (Lipinski definition) is 1. The zero-order valence-electron chi connectivity index (χ0n) is 8.84. The van der Waals surface area contributed by atoms with Gasteiger partial charge in [-0.15, -0.1) is 0 Å². The summed E-state index contributed by atoms with van der Waals surface area (Å²) in [6, 6.07) is 4.60. The molecule has 0 saturated carbocycles. The average molecular weight is 231 g/mol. The highest BCUT2D eigenvalue weighted by Gasteiger charge is 2.02. The molecule has 0 fully saturated rings. The Morgan fingerprint density at radius 1 is 1.40 bits per heavy atom. The van der Waals surface area contributed by atoms with E-state index in [-0.39, 0.29) is 5.82 Å². The molecule has 1 aromatic carbocycles. The van der Waals surface area contributed by atoms with Gasteiger partial charge in [0.15, 0.2) is 0 Å². The minimum Gasteiger partial charge on any atom is -0.330 e. The van der Waals surface area contributed by atoms with Gasteiger partial charge in [-0.25, -0.2) is 4.39 Å². The maximum atomic E-state index is 13.0. The van der Waals surface area contributed by atoms with Crippen LogP contribution in [-0.2, 0) is 6.54 Å². The second-order valence-corrected chi connectivity index (χ2v) is 4.09. The van der Waals surface area contributed by atoms with Gasteiger partial charge in [0, 0.05) is 11.6 Å². The van der Waals surface area contributed by atoms with Crippen molar-refractivity contribution in [1.29, 1.82) is 0 Å². The quantitative estimate of drug-likeness (QED) is 0.841. The van der Waals surface area contributed by atoms with Gasteiger partial charge in [-0.3, -0.25) is 0 Å². The third-order valence-electron chi connectivity index (χ3n) is 2.12. The molecule has 0 atom stereocenters. The summed E-state index contributed by atoms with van der Waals surface area (Å²) in [6.07, 6.45) is 0.944. The van der Waals surface area contributed by atoms with E-state index in [9.17, 15) is 4.39 Å². The van der Waals surface area contributed by atoms with E-state index in [0.717, 1.165) is 18.5 Å². The Kier molecular flexibility index (Phi) is 5.02. The summed E-state index contributed by atoms with van der Waals surface area (Å²) in [5.74, 6) is -0.287. The topological polar surface area (TPSA) is 29.3 Å². The summed E-state index contributed by atoms with van der Waals surface area (Å²) in [4.78, 5) is 2.10. The molecule has 1 rings (SSSR count). The maximum absolute atomic E-state index is 13.0. The van der Waals surface area contributed by atoms with Crippen LogP contribution in [0.5, 0.6) is 0 Å². The largest absolute Gasteiger partial charge is 0.330 e. The molecule has 0 aromatic heterocycles. The molecule has 0 heterocycles. The first-order chi connectivity index (χ1) is 7.11. The molecule has 2 N–H and O–H groups in total. The Labute approximate surface area is 94.8 Å². The van der Waals surface area contributed by atoms with Gasteiger partial charge in [-0.05, 0) is 50.3 Å². The predicted octanol–water partition coefficient (Wildman–Crippen LogP) is 2.26. The molecule has 15 heavy (non-hydrogen) atoms. The fourth-order valence-corrected chi connectivity index (χ4v) is 1.70. The van der Waals surface area contributed by atoms with Crippen molar-refractivity contribution >= 4 is 11.6 Å². The molecule has 0 amide bonds. The van der Waals surface area contributed by atoms with Crippen LogP contribution in [0.1, 0.15) is 12.0 Å². The van der Waals surface area contributed by atoms with Crippen LogP contribution in [-0.4, -0.2) is 25.0 Å². The van der Waals surface area contributed by atoms with E-state index in [0.29, 0.717) is 18.1 Å². The molecular weight excluding hydrogens is 215 g/mol.